The van der Waals surface area contributed by atoms with Gasteiger partial charge in [0.05, 0.1) is 21.9 Å². The summed E-state index contributed by atoms with van der Waals surface area (Å²) in [6, 6.07) is 5.82. The van der Waals surface area contributed by atoms with Gasteiger partial charge >= 0.3 is 5.97 Å². The molecule has 6 nitrogen and oxygen atoms in total. The summed E-state index contributed by atoms with van der Waals surface area (Å²) in [6.07, 6.45) is 1.51. The van der Waals surface area contributed by atoms with E-state index in [-0.39, 0.29) is 28.8 Å². The van der Waals surface area contributed by atoms with Gasteiger partial charge in [-0.15, -0.1) is 11.3 Å². The van der Waals surface area contributed by atoms with Crippen LogP contribution in [0.25, 0.3) is 11.3 Å². The van der Waals surface area contributed by atoms with Gasteiger partial charge < -0.3 is 14.4 Å². The van der Waals surface area contributed by atoms with E-state index >= 15 is 0 Å². The second-order valence-corrected chi connectivity index (χ2v) is 8.16. The number of nitrogens with zero attached hydrogens (tertiary/aromatic N) is 2. The second kappa shape index (κ2) is 8.53. The van der Waals surface area contributed by atoms with Gasteiger partial charge in [0.1, 0.15) is 21.5 Å². The van der Waals surface area contributed by atoms with Gasteiger partial charge in [0, 0.05) is 18.2 Å². The molecule has 0 amide bonds. The Kier molecular flexibility index (Phi) is 6.30. The van der Waals surface area contributed by atoms with Gasteiger partial charge in [-0.3, -0.25) is 4.79 Å². The molecule has 1 aromatic carbocycles. The summed E-state index contributed by atoms with van der Waals surface area (Å²) >= 11 is 19.2. The minimum absolute atomic E-state index is 0.0874. The highest BCUT2D eigenvalue weighted by molar-refractivity contribution is 7.15. The lowest BCUT2D eigenvalue weighted by atomic mass is 10.0. The average Bonchev–Trinajstić information content (AvgIpc) is 3.06. The van der Waals surface area contributed by atoms with Crippen LogP contribution in [0.3, 0.4) is 0 Å². The van der Waals surface area contributed by atoms with Crippen LogP contribution in [0, 0.1) is 0 Å². The molecule has 0 aliphatic carbocycles. The molecule has 0 radical (unpaired) electrons. The Morgan fingerprint density at radius 3 is 2.57 bits per heavy atom. The highest BCUT2D eigenvalue weighted by Crippen LogP contribution is 2.32. The van der Waals surface area contributed by atoms with E-state index in [0.29, 0.717) is 26.5 Å². The zero-order valence-electron chi connectivity index (χ0n) is 14.4. The van der Waals surface area contributed by atoms with Crippen molar-refractivity contribution >= 4 is 52.1 Å². The Labute approximate surface area is 178 Å². The molecule has 28 heavy (non-hydrogen) atoms. The second-order valence-electron chi connectivity index (χ2n) is 5.60. The Morgan fingerprint density at radius 2 is 2.00 bits per heavy atom. The van der Waals surface area contributed by atoms with Crippen LogP contribution < -0.4 is 10.2 Å². The number of ether oxygens (including phenoxy) is 1. The maximum atomic E-state index is 12.5. The number of pyridine rings is 1. The molecule has 0 fully saturated rings. The van der Waals surface area contributed by atoms with Crippen molar-refractivity contribution in [1.82, 2.24) is 9.55 Å². The summed E-state index contributed by atoms with van der Waals surface area (Å²) in [5.41, 5.74) is -0.419. The number of aromatic carboxylic acids is 1. The van der Waals surface area contributed by atoms with Crippen molar-refractivity contribution in [3.8, 4) is 17.1 Å². The quantitative estimate of drug-likeness (QED) is 0.546. The number of carbonyl (C=O) groups is 1. The van der Waals surface area contributed by atoms with E-state index in [4.69, 9.17) is 39.5 Å². The largest absolute Gasteiger partial charge is 0.477 e. The summed E-state index contributed by atoms with van der Waals surface area (Å²) in [4.78, 5) is 28.4. The molecule has 1 N–H and O–H groups in total. The number of hydrogen-bond acceptors (Lipinski definition) is 5. The summed E-state index contributed by atoms with van der Waals surface area (Å²) in [6.45, 7) is 2.25. The monoisotopic (exact) mass is 458 g/mol. The van der Waals surface area contributed by atoms with Crippen molar-refractivity contribution in [2.45, 2.75) is 20.1 Å². The first-order valence-electron chi connectivity index (χ1n) is 8.01. The fraction of sp³-hybridized carbons (Fsp3) is 0.167. The summed E-state index contributed by atoms with van der Waals surface area (Å²) < 4.78 is 7.87. The van der Waals surface area contributed by atoms with Crippen molar-refractivity contribution in [1.29, 1.82) is 0 Å². The molecule has 0 bridgehead atoms. The molecule has 0 aliphatic rings. The van der Waals surface area contributed by atoms with E-state index in [9.17, 15) is 14.7 Å². The third-order valence-corrected chi connectivity index (χ3v) is 5.69. The summed E-state index contributed by atoms with van der Waals surface area (Å²) in [5, 5.41) is 10.8. The van der Waals surface area contributed by atoms with Crippen molar-refractivity contribution < 1.29 is 14.6 Å². The number of thiazole rings is 1. The predicted octanol–water partition coefficient (Wildman–Crippen LogP) is 5.23. The van der Waals surface area contributed by atoms with Crippen LogP contribution in [0.15, 0.2) is 35.3 Å². The van der Waals surface area contributed by atoms with Crippen LogP contribution in [-0.4, -0.2) is 20.6 Å². The number of hydrogen-bond donors (Lipinski definition) is 1. The molecular weight excluding hydrogens is 447 g/mol. The lowest BCUT2D eigenvalue weighted by Gasteiger charge is -2.19. The zero-order valence-corrected chi connectivity index (χ0v) is 17.5. The number of carboxylic acids is 1. The topological polar surface area (TPSA) is 81.4 Å². The van der Waals surface area contributed by atoms with E-state index in [0.717, 1.165) is 6.07 Å². The lowest BCUT2D eigenvalue weighted by Crippen LogP contribution is -2.22. The SMILES string of the molecule is CCn1c(OCc2ncc(Cl)s2)cc(=O)c(C(=O)O)c1-c1ccc(Cl)c(Cl)c1. The van der Waals surface area contributed by atoms with Gasteiger partial charge in [0.15, 0.2) is 5.88 Å². The Bertz CT molecular complexity index is 1110. The van der Waals surface area contributed by atoms with Gasteiger partial charge in [-0.05, 0) is 19.1 Å². The smallest absolute Gasteiger partial charge is 0.341 e. The van der Waals surface area contributed by atoms with E-state index in [1.54, 1.807) is 16.7 Å². The van der Waals surface area contributed by atoms with Crippen molar-refractivity contribution in [3.05, 3.63) is 65.6 Å². The number of carboxylic acid groups (broad SMARTS) is 1. The highest BCUT2D eigenvalue weighted by atomic mass is 35.5. The normalized spacial score (nSPS) is 10.9. The van der Waals surface area contributed by atoms with E-state index in [2.05, 4.69) is 4.98 Å². The molecule has 0 atom stereocenters. The molecule has 3 aromatic rings. The zero-order chi connectivity index (χ0) is 20.4. The van der Waals surface area contributed by atoms with Crippen molar-refractivity contribution in [2.24, 2.45) is 0 Å². The van der Waals surface area contributed by atoms with Crippen LogP contribution in [0.5, 0.6) is 5.88 Å². The van der Waals surface area contributed by atoms with Crippen LogP contribution in [0.1, 0.15) is 22.3 Å². The molecule has 146 valence electrons. The number of aromatic nitrogens is 2. The number of rotatable bonds is 6. The molecule has 0 saturated heterocycles. The van der Waals surface area contributed by atoms with Gasteiger partial charge in [-0.2, -0.15) is 0 Å². The van der Waals surface area contributed by atoms with Crippen molar-refractivity contribution in [2.75, 3.05) is 0 Å². The summed E-state index contributed by atoms with van der Waals surface area (Å²) in [7, 11) is 0. The Balaban J connectivity index is 2.16. The molecule has 0 saturated carbocycles. The van der Waals surface area contributed by atoms with Crippen molar-refractivity contribution in [3.63, 3.8) is 0 Å². The predicted molar refractivity (Wildman–Crippen MR) is 110 cm³/mol. The molecule has 0 aliphatic heterocycles. The third-order valence-electron chi connectivity index (χ3n) is 3.87. The summed E-state index contributed by atoms with van der Waals surface area (Å²) in [5.74, 6) is -1.13. The Morgan fingerprint density at radius 1 is 1.25 bits per heavy atom. The van der Waals surface area contributed by atoms with Gasteiger partial charge in [0.25, 0.3) is 0 Å². The fourth-order valence-corrected chi connectivity index (χ4v) is 3.87. The minimum Gasteiger partial charge on any atom is -0.477 e. The average molecular weight is 460 g/mol. The maximum Gasteiger partial charge on any atom is 0.341 e. The first-order chi connectivity index (χ1) is 13.3. The van der Waals surface area contributed by atoms with Crippen LogP contribution in [0.2, 0.25) is 14.4 Å². The van der Waals surface area contributed by atoms with E-state index < -0.39 is 11.4 Å². The number of halogens is 3. The molecule has 0 unspecified atom stereocenters. The van der Waals surface area contributed by atoms with Crippen LogP contribution >= 0.6 is 46.1 Å². The standard InChI is InChI=1S/C18H13Cl3N2O4S/c1-2-23-15(27-8-14-22-7-13(21)28-14)6-12(24)16(18(25)26)17(23)9-3-4-10(19)11(20)5-9/h3-7H,2,8H2,1H3,(H,25,26). The first-order valence-corrected chi connectivity index (χ1v) is 9.96. The van der Waals surface area contributed by atoms with E-state index in [1.165, 1.54) is 23.6 Å². The molecule has 2 aromatic heterocycles. The van der Waals surface area contributed by atoms with Crippen LogP contribution in [-0.2, 0) is 13.2 Å². The van der Waals surface area contributed by atoms with Gasteiger partial charge in [-0.25, -0.2) is 9.78 Å². The molecule has 0 spiro atoms. The number of benzene rings is 1. The maximum absolute atomic E-state index is 12.5. The van der Waals surface area contributed by atoms with E-state index in [1.807, 2.05) is 6.92 Å². The minimum atomic E-state index is -1.34. The lowest BCUT2D eigenvalue weighted by molar-refractivity contribution is 0.0695. The highest BCUT2D eigenvalue weighted by Gasteiger charge is 2.23. The van der Waals surface area contributed by atoms with Gasteiger partial charge in [0.2, 0.25) is 5.43 Å². The van der Waals surface area contributed by atoms with Crippen LogP contribution in [0.4, 0.5) is 0 Å². The molecule has 3 rings (SSSR count). The first kappa shape index (κ1) is 20.7. The molecule has 2 heterocycles. The molecule has 10 heteroatoms. The van der Waals surface area contributed by atoms with Gasteiger partial charge in [-0.1, -0.05) is 40.9 Å². The third kappa shape index (κ3) is 4.17. The fourth-order valence-electron chi connectivity index (χ4n) is 2.70. The molecular formula is C18H13Cl3N2O4S. The Hall–Kier alpha value is -2.06.